The Balaban J connectivity index is 1.45. The first-order valence-electron chi connectivity index (χ1n) is 12.4. The van der Waals surface area contributed by atoms with Gasteiger partial charge in [-0.05, 0) is 51.6 Å². The van der Waals surface area contributed by atoms with Crippen molar-refractivity contribution in [3.63, 3.8) is 0 Å². The summed E-state index contributed by atoms with van der Waals surface area (Å²) < 4.78 is 3.51. The number of pyridine rings is 1. The van der Waals surface area contributed by atoms with Crippen LogP contribution >= 0.6 is 11.6 Å². The van der Waals surface area contributed by atoms with Gasteiger partial charge in [0, 0.05) is 18.0 Å². The first-order chi connectivity index (χ1) is 18.2. The number of aromatic nitrogens is 7. The zero-order valence-electron chi connectivity index (χ0n) is 20.6. The van der Waals surface area contributed by atoms with Crippen LogP contribution in [0, 0.1) is 0 Å². The van der Waals surface area contributed by atoms with Crippen LogP contribution in [0.1, 0.15) is 43.0 Å². The molecule has 0 spiro atoms. The number of tetrazole rings is 1. The maximum atomic E-state index is 13.5. The minimum atomic E-state index is -0.0846. The highest BCUT2D eigenvalue weighted by Crippen LogP contribution is 2.29. The van der Waals surface area contributed by atoms with E-state index < -0.39 is 0 Å². The molecule has 3 aromatic heterocycles. The van der Waals surface area contributed by atoms with Gasteiger partial charge in [0.15, 0.2) is 5.82 Å². The summed E-state index contributed by atoms with van der Waals surface area (Å²) >= 11 is 6.82. The fourth-order valence-corrected chi connectivity index (χ4v) is 4.87. The molecule has 0 atom stereocenters. The van der Waals surface area contributed by atoms with Crippen molar-refractivity contribution in [3.05, 3.63) is 106 Å². The molecule has 0 amide bonds. The minimum absolute atomic E-state index is 0.0846. The highest BCUT2D eigenvalue weighted by atomic mass is 35.5. The highest BCUT2D eigenvalue weighted by molar-refractivity contribution is 6.30. The number of nitrogens with zero attached hydrogens (tertiary/aromatic N) is 6. The van der Waals surface area contributed by atoms with Crippen LogP contribution in [-0.2, 0) is 19.5 Å². The molecule has 0 saturated carbocycles. The molecule has 0 radical (unpaired) electrons. The number of nitrogens with one attached hydrogen (secondary N) is 1. The van der Waals surface area contributed by atoms with Crippen LogP contribution in [0.5, 0.6) is 0 Å². The van der Waals surface area contributed by atoms with Gasteiger partial charge >= 0.3 is 5.69 Å². The average Bonchev–Trinajstić information content (AvgIpc) is 3.55. The molecule has 5 aromatic rings. The fraction of sp³-hybridized carbons (Fsp3) is 0.250. The number of aromatic amines is 1. The molecule has 9 heteroatoms. The van der Waals surface area contributed by atoms with Crippen molar-refractivity contribution in [1.82, 2.24) is 34.7 Å². The highest BCUT2D eigenvalue weighted by Gasteiger charge is 2.19. The maximum Gasteiger partial charge on any atom is 0.330 e. The van der Waals surface area contributed by atoms with Crippen LogP contribution in [0.25, 0.3) is 22.5 Å². The quantitative estimate of drug-likeness (QED) is 0.253. The normalized spacial score (nSPS) is 11.2. The zero-order chi connectivity index (χ0) is 25.6. The monoisotopic (exact) mass is 513 g/mol. The van der Waals surface area contributed by atoms with Crippen LogP contribution in [0.2, 0.25) is 5.15 Å². The van der Waals surface area contributed by atoms with E-state index in [-0.39, 0.29) is 5.69 Å². The van der Waals surface area contributed by atoms with E-state index in [2.05, 4.69) is 32.5 Å². The molecule has 2 aromatic carbocycles. The predicted octanol–water partition coefficient (Wildman–Crippen LogP) is 5.37. The van der Waals surface area contributed by atoms with Crippen molar-refractivity contribution in [1.29, 1.82) is 0 Å². The van der Waals surface area contributed by atoms with Crippen molar-refractivity contribution >= 4 is 11.6 Å². The van der Waals surface area contributed by atoms with Gasteiger partial charge in [-0.25, -0.2) is 9.89 Å². The van der Waals surface area contributed by atoms with Crippen LogP contribution < -0.4 is 5.69 Å². The molecule has 0 bridgehead atoms. The van der Waals surface area contributed by atoms with Gasteiger partial charge in [-0.1, -0.05) is 86.0 Å². The largest absolute Gasteiger partial charge is 0.330 e. The summed E-state index contributed by atoms with van der Waals surface area (Å²) in [4.78, 5) is 17.8. The number of halogens is 1. The third-order valence-corrected chi connectivity index (χ3v) is 6.91. The molecule has 0 unspecified atom stereocenters. The van der Waals surface area contributed by atoms with E-state index in [1.165, 1.54) is 0 Å². The van der Waals surface area contributed by atoms with Crippen LogP contribution in [0.4, 0.5) is 0 Å². The van der Waals surface area contributed by atoms with Gasteiger partial charge in [0.25, 0.3) is 0 Å². The predicted molar refractivity (Wildman–Crippen MR) is 144 cm³/mol. The molecular formula is C28H28ClN7O. The molecule has 0 aliphatic carbocycles. The van der Waals surface area contributed by atoms with Crippen molar-refractivity contribution in [2.24, 2.45) is 0 Å². The molecule has 0 aliphatic rings. The van der Waals surface area contributed by atoms with E-state index >= 15 is 0 Å². The number of hydrogen-bond acceptors (Lipinski definition) is 5. The Morgan fingerprint density at radius 3 is 2.38 bits per heavy atom. The number of H-pyrrole nitrogens is 1. The number of imidazole rings is 1. The lowest BCUT2D eigenvalue weighted by atomic mass is 10.00. The van der Waals surface area contributed by atoms with Crippen molar-refractivity contribution in [2.45, 2.75) is 45.7 Å². The number of rotatable bonds is 10. The van der Waals surface area contributed by atoms with Gasteiger partial charge in [0.2, 0.25) is 0 Å². The summed E-state index contributed by atoms with van der Waals surface area (Å²) in [6, 6.07) is 20.1. The lowest BCUT2D eigenvalue weighted by molar-refractivity contribution is 0.643. The summed E-state index contributed by atoms with van der Waals surface area (Å²) in [7, 11) is 0. The molecule has 0 fully saturated rings. The summed E-state index contributed by atoms with van der Waals surface area (Å²) in [5, 5.41) is 14.7. The van der Waals surface area contributed by atoms with E-state index in [4.69, 9.17) is 11.6 Å². The summed E-state index contributed by atoms with van der Waals surface area (Å²) in [6.07, 6.45) is 7.45. The average molecular weight is 514 g/mol. The Morgan fingerprint density at radius 1 is 0.892 bits per heavy atom. The number of benzene rings is 2. The smallest absolute Gasteiger partial charge is 0.290 e. The lowest BCUT2D eigenvalue weighted by Crippen LogP contribution is -2.26. The van der Waals surface area contributed by atoms with Gasteiger partial charge in [0.05, 0.1) is 18.8 Å². The third kappa shape index (κ3) is 5.39. The van der Waals surface area contributed by atoms with Crippen LogP contribution in [0.15, 0.2) is 77.9 Å². The van der Waals surface area contributed by atoms with E-state index in [9.17, 15) is 4.79 Å². The zero-order valence-corrected chi connectivity index (χ0v) is 21.4. The van der Waals surface area contributed by atoms with Gasteiger partial charge in [0.1, 0.15) is 5.15 Å². The SMILES string of the molecule is CCCCCc1c(Cl)n(Cc2ccccc2)c(=O)n1Cc1ccc(-c2ccncc2-c2nnn[nH]2)cc1. The second-order valence-corrected chi connectivity index (χ2v) is 9.36. The summed E-state index contributed by atoms with van der Waals surface area (Å²) in [6.45, 7) is 3.08. The first kappa shape index (κ1) is 24.6. The van der Waals surface area contributed by atoms with Gasteiger partial charge in [-0.2, -0.15) is 0 Å². The molecule has 0 saturated heterocycles. The molecule has 8 nitrogen and oxygen atoms in total. The second kappa shape index (κ2) is 11.3. The van der Waals surface area contributed by atoms with E-state index in [1.807, 2.05) is 65.2 Å². The summed E-state index contributed by atoms with van der Waals surface area (Å²) in [5.74, 6) is 0.560. The molecule has 1 N–H and O–H groups in total. The van der Waals surface area contributed by atoms with E-state index in [0.29, 0.717) is 24.1 Å². The standard InChI is InChI=1S/C28H28ClN7O/c1-2-3-5-10-25-26(29)36(19-20-8-6-4-7-9-20)28(37)35(25)18-21-11-13-22(14-12-21)23-15-16-30-17-24(23)27-31-33-34-32-27/h4,6-9,11-17H,2-3,5,10,18-19H2,1H3,(H,31,32,33,34). The van der Waals surface area contributed by atoms with Gasteiger partial charge in [-0.15, -0.1) is 5.10 Å². The lowest BCUT2D eigenvalue weighted by Gasteiger charge is -2.10. The third-order valence-electron chi connectivity index (χ3n) is 6.49. The van der Waals surface area contributed by atoms with Crippen LogP contribution in [0.3, 0.4) is 0 Å². The Hall–Kier alpha value is -4.04. The Labute approximate surface area is 220 Å². The van der Waals surface area contributed by atoms with Gasteiger partial charge in [-0.3, -0.25) is 14.1 Å². The molecule has 0 aliphatic heterocycles. The molecular weight excluding hydrogens is 486 g/mol. The van der Waals surface area contributed by atoms with Crippen molar-refractivity contribution < 1.29 is 0 Å². The van der Waals surface area contributed by atoms with Crippen molar-refractivity contribution in [3.8, 4) is 22.5 Å². The van der Waals surface area contributed by atoms with Crippen LogP contribution in [-0.4, -0.2) is 34.7 Å². The Kier molecular flexibility index (Phi) is 7.56. The Bertz CT molecular complexity index is 1510. The van der Waals surface area contributed by atoms with E-state index in [1.54, 1.807) is 17.0 Å². The Morgan fingerprint density at radius 2 is 1.65 bits per heavy atom. The first-order valence-corrected chi connectivity index (χ1v) is 12.8. The molecule has 3 heterocycles. The number of hydrogen-bond donors (Lipinski definition) is 1. The summed E-state index contributed by atoms with van der Waals surface area (Å²) in [5.41, 5.74) is 5.67. The molecule has 5 rings (SSSR count). The minimum Gasteiger partial charge on any atom is -0.290 e. The van der Waals surface area contributed by atoms with Gasteiger partial charge < -0.3 is 0 Å². The maximum absolute atomic E-state index is 13.5. The van der Waals surface area contributed by atoms with Crippen molar-refractivity contribution in [2.75, 3.05) is 0 Å². The van der Waals surface area contributed by atoms with E-state index in [0.717, 1.165) is 59.2 Å². The fourth-order valence-electron chi connectivity index (χ4n) is 4.54. The topological polar surface area (TPSA) is 94.3 Å². The second-order valence-electron chi connectivity index (χ2n) is 9.00. The molecule has 37 heavy (non-hydrogen) atoms. The number of unbranched alkanes of at least 4 members (excludes halogenated alkanes) is 2. The molecule has 188 valence electrons.